The molecule has 1 amide bonds. The zero-order valence-electron chi connectivity index (χ0n) is 12.5. The molecule has 0 saturated carbocycles. The molecule has 1 aliphatic heterocycles. The lowest BCUT2D eigenvalue weighted by atomic mass is 9.79. The van der Waals surface area contributed by atoms with Crippen LogP contribution in [0.25, 0.3) is 0 Å². The number of carbonyl (C=O) groups is 1. The summed E-state index contributed by atoms with van der Waals surface area (Å²) in [6.45, 7) is 3.02. The summed E-state index contributed by atoms with van der Waals surface area (Å²) in [5, 5.41) is 2.28. The van der Waals surface area contributed by atoms with Crippen molar-refractivity contribution in [2.24, 2.45) is 5.41 Å². The zero-order chi connectivity index (χ0) is 17.6. The van der Waals surface area contributed by atoms with E-state index >= 15 is 0 Å². The van der Waals surface area contributed by atoms with Gasteiger partial charge in [0.25, 0.3) is 0 Å². The maximum Gasteiger partial charge on any atom is 0.416 e. The molecule has 0 unspecified atom stereocenters. The number of amides is 1. The van der Waals surface area contributed by atoms with Crippen molar-refractivity contribution in [1.82, 2.24) is 5.32 Å². The lowest BCUT2D eigenvalue weighted by Gasteiger charge is -2.39. The molecule has 0 bridgehead atoms. The number of carbonyl (C=O) groups excluding carboxylic acids is 1. The third kappa shape index (κ3) is 4.25. The van der Waals surface area contributed by atoms with Crippen LogP contribution in [0.15, 0.2) is 18.2 Å². The van der Waals surface area contributed by atoms with Gasteiger partial charge in [0.05, 0.1) is 17.2 Å². The first-order chi connectivity index (χ1) is 10.3. The number of nitrogens with one attached hydrogen (secondary N) is 1. The first kappa shape index (κ1) is 20.4. The highest BCUT2D eigenvalue weighted by molar-refractivity contribution is 5.85. The SMILES string of the molecule is CC1(C)COC(=O)N[C@H]1c1cc(C(F)(F)F)cc(C(F)(F)F)c1.Cl. The van der Waals surface area contributed by atoms with E-state index in [1.807, 2.05) is 0 Å². The summed E-state index contributed by atoms with van der Waals surface area (Å²) < 4.78 is 82.1. The van der Waals surface area contributed by atoms with Gasteiger partial charge in [-0.1, -0.05) is 13.8 Å². The average molecular weight is 378 g/mol. The van der Waals surface area contributed by atoms with Crippen molar-refractivity contribution in [2.45, 2.75) is 32.2 Å². The molecule has 1 heterocycles. The minimum atomic E-state index is -4.94. The Morgan fingerprint density at radius 2 is 1.50 bits per heavy atom. The van der Waals surface area contributed by atoms with Crippen molar-refractivity contribution in [3.8, 4) is 0 Å². The Morgan fingerprint density at radius 3 is 1.92 bits per heavy atom. The standard InChI is InChI=1S/C14H13F6NO2.ClH/c1-12(2)6-23-11(22)21-10(12)7-3-8(13(15,16)17)5-9(4-7)14(18,19)20;/h3-5,10H,6H2,1-2H3,(H,21,22);1H/t10-;/m0./s1. The molecule has 2 rings (SSSR count). The number of alkyl carbamates (subject to hydrolysis) is 1. The molecule has 0 aliphatic carbocycles. The van der Waals surface area contributed by atoms with Crippen molar-refractivity contribution >= 4 is 18.5 Å². The molecule has 1 aromatic rings. The monoisotopic (exact) mass is 377 g/mol. The van der Waals surface area contributed by atoms with Gasteiger partial charge in [0, 0.05) is 5.41 Å². The smallest absolute Gasteiger partial charge is 0.416 e. The van der Waals surface area contributed by atoms with Crippen LogP contribution in [0, 0.1) is 5.41 Å². The van der Waals surface area contributed by atoms with Crippen molar-refractivity contribution in [3.63, 3.8) is 0 Å². The van der Waals surface area contributed by atoms with Gasteiger partial charge in [0.15, 0.2) is 0 Å². The van der Waals surface area contributed by atoms with E-state index in [0.29, 0.717) is 12.1 Å². The molecule has 1 aliphatic rings. The molecular formula is C14H14ClF6NO2. The Labute approximate surface area is 139 Å². The fraction of sp³-hybridized carbons (Fsp3) is 0.500. The van der Waals surface area contributed by atoms with Gasteiger partial charge in [0.2, 0.25) is 0 Å². The van der Waals surface area contributed by atoms with Crippen molar-refractivity contribution in [2.75, 3.05) is 6.61 Å². The third-order valence-electron chi connectivity index (χ3n) is 3.56. The summed E-state index contributed by atoms with van der Waals surface area (Å²) in [6, 6.07) is 0.255. The number of alkyl halides is 6. The lowest BCUT2D eigenvalue weighted by Crippen LogP contribution is -2.47. The molecule has 24 heavy (non-hydrogen) atoms. The van der Waals surface area contributed by atoms with E-state index in [4.69, 9.17) is 4.74 Å². The number of ether oxygens (including phenoxy) is 1. The van der Waals surface area contributed by atoms with Gasteiger partial charge in [-0.15, -0.1) is 12.4 Å². The number of benzene rings is 1. The molecule has 0 radical (unpaired) electrons. The second-order valence-corrected chi connectivity index (χ2v) is 5.98. The summed E-state index contributed by atoms with van der Waals surface area (Å²) in [4.78, 5) is 11.3. The first-order valence-corrected chi connectivity index (χ1v) is 6.53. The Morgan fingerprint density at radius 1 is 1.04 bits per heavy atom. The highest BCUT2D eigenvalue weighted by atomic mass is 35.5. The Balaban J connectivity index is 0.00000288. The summed E-state index contributed by atoms with van der Waals surface area (Å²) >= 11 is 0. The van der Waals surface area contributed by atoms with E-state index in [-0.39, 0.29) is 30.6 Å². The summed E-state index contributed by atoms with van der Waals surface area (Å²) in [7, 11) is 0. The number of halogens is 7. The maximum atomic E-state index is 12.9. The molecule has 136 valence electrons. The van der Waals surface area contributed by atoms with Crippen LogP contribution in [0.5, 0.6) is 0 Å². The summed E-state index contributed by atoms with van der Waals surface area (Å²) in [6.07, 6.45) is -10.8. The number of rotatable bonds is 1. The average Bonchev–Trinajstić information content (AvgIpc) is 2.39. The topological polar surface area (TPSA) is 38.3 Å². The molecule has 1 N–H and O–H groups in total. The highest BCUT2D eigenvalue weighted by Gasteiger charge is 2.42. The Hall–Kier alpha value is -1.64. The minimum absolute atomic E-state index is 0. The molecule has 1 saturated heterocycles. The second kappa shape index (κ2) is 6.34. The quantitative estimate of drug-likeness (QED) is 0.703. The molecule has 1 fully saturated rings. The largest absolute Gasteiger partial charge is 0.449 e. The van der Waals surface area contributed by atoms with Crippen LogP contribution in [0.2, 0.25) is 0 Å². The Kier molecular flexibility index (Phi) is 5.39. The van der Waals surface area contributed by atoms with E-state index in [1.54, 1.807) is 13.8 Å². The van der Waals surface area contributed by atoms with Crippen LogP contribution in [0.3, 0.4) is 0 Å². The fourth-order valence-electron chi connectivity index (χ4n) is 2.37. The molecular weight excluding hydrogens is 364 g/mol. The zero-order valence-corrected chi connectivity index (χ0v) is 13.3. The van der Waals surface area contributed by atoms with E-state index < -0.39 is 41.0 Å². The van der Waals surface area contributed by atoms with Gasteiger partial charge in [-0.2, -0.15) is 26.3 Å². The Bertz CT molecular complexity index is 594. The van der Waals surface area contributed by atoms with Crippen LogP contribution in [0.1, 0.15) is 36.6 Å². The minimum Gasteiger partial charge on any atom is -0.449 e. The van der Waals surface area contributed by atoms with E-state index in [9.17, 15) is 31.1 Å². The molecule has 1 atom stereocenters. The van der Waals surface area contributed by atoms with Crippen LogP contribution in [-0.4, -0.2) is 12.7 Å². The van der Waals surface area contributed by atoms with Crippen molar-refractivity contribution in [1.29, 1.82) is 0 Å². The summed E-state index contributed by atoms with van der Waals surface area (Å²) in [5.74, 6) is 0. The number of hydrogen-bond donors (Lipinski definition) is 1. The fourth-order valence-corrected chi connectivity index (χ4v) is 2.37. The van der Waals surface area contributed by atoms with Gasteiger partial charge >= 0.3 is 18.4 Å². The van der Waals surface area contributed by atoms with Crippen molar-refractivity contribution < 1.29 is 35.9 Å². The van der Waals surface area contributed by atoms with Crippen LogP contribution >= 0.6 is 12.4 Å². The number of cyclic esters (lactones) is 1. The predicted molar refractivity (Wildman–Crippen MR) is 74.7 cm³/mol. The lowest BCUT2D eigenvalue weighted by molar-refractivity contribution is -0.143. The molecule has 0 spiro atoms. The van der Waals surface area contributed by atoms with E-state index in [2.05, 4.69) is 5.32 Å². The van der Waals surface area contributed by atoms with Gasteiger partial charge in [-0.05, 0) is 23.8 Å². The van der Waals surface area contributed by atoms with Gasteiger partial charge in [-0.25, -0.2) is 4.79 Å². The second-order valence-electron chi connectivity index (χ2n) is 5.98. The van der Waals surface area contributed by atoms with Crippen LogP contribution < -0.4 is 5.32 Å². The van der Waals surface area contributed by atoms with E-state index in [0.717, 1.165) is 0 Å². The first-order valence-electron chi connectivity index (χ1n) is 6.53. The maximum absolute atomic E-state index is 12.9. The van der Waals surface area contributed by atoms with Crippen LogP contribution in [0.4, 0.5) is 31.1 Å². The van der Waals surface area contributed by atoms with Gasteiger partial charge in [-0.3, -0.25) is 0 Å². The summed E-state index contributed by atoms with van der Waals surface area (Å²) in [5.41, 5.74) is -3.98. The third-order valence-corrected chi connectivity index (χ3v) is 3.56. The molecule has 10 heteroatoms. The van der Waals surface area contributed by atoms with E-state index in [1.165, 1.54) is 0 Å². The van der Waals surface area contributed by atoms with Crippen molar-refractivity contribution in [3.05, 3.63) is 34.9 Å². The predicted octanol–water partition coefficient (Wildman–Crippen LogP) is 4.95. The van der Waals surface area contributed by atoms with Gasteiger partial charge < -0.3 is 10.1 Å². The molecule has 3 nitrogen and oxygen atoms in total. The van der Waals surface area contributed by atoms with Gasteiger partial charge in [0.1, 0.15) is 6.61 Å². The number of hydrogen-bond acceptors (Lipinski definition) is 2. The van der Waals surface area contributed by atoms with Crippen LogP contribution in [-0.2, 0) is 17.1 Å². The molecule has 1 aromatic carbocycles. The molecule has 0 aromatic heterocycles. The normalized spacial score (nSPS) is 20.7. The highest BCUT2D eigenvalue weighted by Crippen LogP contribution is 2.42.